The number of carbonyl (C=O) groups is 3. The van der Waals surface area contributed by atoms with Gasteiger partial charge in [-0.3, -0.25) is 15.0 Å². The number of furan rings is 1. The van der Waals surface area contributed by atoms with Gasteiger partial charge >= 0.3 is 0 Å². The maximum absolute atomic E-state index is 12.6. The van der Waals surface area contributed by atoms with Crippen molar-refractivity contribution < 1.29 is 23.9 Å². The molecule has 1 N–H and O–H groups in total. The van der Waals surface area contributed by atoms with Gasteiger partial charge in [0.05, 0.1) is 11.7 Å². The molecule has 7 nitrogen and oxygen atoms in total. The van der Waals surface area contributed by atoms with E-state index in [0.29, 0.717) is 22.8 Å². The van der Waals surface area contributed by atoms with E-state index in [9.17, 15) is 19.5 Å². The zero-order valence-corrected chi connectivity index (χ0v) is 14.4. The first-order chi connectivity index (χ1) is 13.5. The van der Waals surface area contributed by atoms with E-state index in [0.717, 1.165) is 0 Å². The largest absolute Gasteiger partial charge is 0.545 e. The van der Waals surface area contributed by atoms with E-state index >= 15 is 0 Å². The van der Waals surface area contributed by atoms with Crippen LogP contribution in [0.25, 0.3) is 17.4 Å². The molecule has 2 heterocycles. The van der Waals surface area contributed by atoms with E-state index in [1.165, 1.54) is 23.2 Å². The smallest absolute Gasteiger partial charge is 0.282 e. The number of anilines is 1. The molecule has 0 aliphatic carbocycles. The molecule has 28 heavy (non-hydrogen) atoms. The summed E-state index contributed by atoms with van der Waals surface area (Å²) in [6, 6.07) is 18.1. The van der Waals surface area contributed by atoms with Gasteiger partial charge in [0.2, 0.25) is 0 Å². The monoisotopic (exact) mass is 373 g/mol. The summed E-state index contributed by atoms with van der Waals surface area (Å²) in [6.45, 7) is 0. The fourth-order valence-electron chi connectivity index (χ4n) is 2.84. The quantitative estimate of drug-likeness (QED) is 0.555. The van der Waals surface area contributed by atoms with Gasteiger partial charge < -0.3 is 14.3 Å². The highest BCUT2D eigenvalue weighted by Gasteiger charge is 2.34. The van der Waals surface area contributed by atoms with E-state index in [-0.39, 0.29) is 11.1 Å². The number of nitrogens with one attached hydrogen (secondary N) is 1. The number of carboxylic acids is 1. The van der Waals surface area contributed by atoms with Crippen LogP contribution in [0.15, 0.2) is 76.7 Å². The first kappa shape index (κ1) is 17.3. The van der Waals surface area contributed by atoms with Crippen molar-refractivity contribution in [1.82, 2.24) is 5.43 Å². The highest BCUT2D eigenvalue weighted by atomic mass is 16.4. The molecule has 7 heteroatoms. The maximum Gasteiger partial charge on any atom is 0.282 e. The van der Waals surface area contributed by atoms with Gasteiger partial charge in [0.15, 0.2) is 0 Å². The van der Waals surface area contributed by atoms with Gasteiger partial charge in [-0.2, -0.15) is 0 Å². The Balaban J connectivity index is 1.62. The fourth-order valence-corrected chi connectivity index (χ4v) is 2.84. The minimum atomic E-state index is -1.29. The number of carbonyl (C=O) groups excluding carboxylic acids is 3. The molecule has 3 aromatic rings. The molecule has 2 aromatic carbocycles. The third-order valence-electron chi connectivity index (χ3n) is 4.20. The van der Waals surface area contributed by atoms with Crippen LogP contribution in [0.1, 0.15) is 16.1 Å². The summed E-state index contributed by atoms with van der Waals surface area (Å²) in [5.41, 5.74) is 3.56. The van der Waals surface area contributed by atoms with E-state index in [1.807, 2.05) is 6.07 Å². The van der Waals surface area contributed by atoms with Crippen LogP contribution in [-0.2, 0) is 9.59 Å². The number of rotatable bonds is 4. The van der Waals surface area contributed by atoms with Crippen LogP contribution in [0.5, 0.6) is 0 Å². The lowest BCUT2D eigenvalue weighted by molar-refractivity contribution is -0.255. The molecule has 2 amide bonds. The van der Waals surface area contributed by atoms with Crippen LogP contribution in [-0.4, -0.2) is 17.8 Å². The van der Waals surface area contributed by atoms with Crippen molar-refractivity contribution in [3.63, 3.8) is 0 Å². The Hall–Kier alpha value is -4.13. The fraction of sp³-hybridized carbons (Fsp3) is 0. The van der Waals surface area contributed by atoms with Crippen molar-refractivity contribution in [2.75, 3.05) is 5.01 Å². The predicted molar refractivity (Wildman–Crippen MR) is 98.5 cm³/mol. The summed E-state index contributed by atoms with van der Waals surface area (Å²) in [4.78, 5) is 35.8. The van der Waals surface area contributed by atoms with Crippen LogP contribution in [0.2, 0.25) is 0 Å². The Morgan fingerprint density at radius 2 is 1.79 bits per heavy atom. The van der Waals surface area contributed by atoms with Crippen molar-refractivity contribution in [3.8, 4) is 11.3 Å². The third kappa shape index (κ3) is 3.16. The van der Waals surface area contributed by atoms with E-state index < -0.39 is 17.8 Å². The number of benzene rings is 2. The SMILES string of the molecule is O=C1NN(c2ccccc2)C(=O)/C1=C/c1ccc(-c2cccc(C(=O)[O-])c2)o1. The molecule has 1 aromatic heterocycles. The molecule has 4 rings (SSSR count). The summed E-state index contributed by atoms with van der Waals surface area (Å²) in [7, 11) is 0. The van der Waals surface area contributed by atoms with E-state index in [2.05, 4.69) is 5.43 Å². The van der Waals surface area contributed by atoms with Gasteiger partial charge in [0.1, 0.15) is 17.1 Å². The topological polar surface area (TPSA) is 103 Å². The number of aromatic carboxylic acids is 1. The predicted octanol–water partition coefficient (Wildman–Crippen LogP) is 1.77. The lowest BCUT2D eigenvalue weighted by Gasteiger charge is -2.13. The molecule has 0 bridgehead atoms. The van der Waals surface area contributed by atoms with Crippen LogP contribution in [0.4, 0.5) is 5.69 Å². The molecule has 0 atom stereocenters. The average molecular weight is 373 g/mol. The Kier molecular flexibility index (Phi) is 4.25. The number of nitrogens with zero attached hydrogens (tertiary/aromatic N) is 1. The standard InChI is InChI=1S/C21H14N2O5/c24-19-17(20(25)23(22-19)15-7-2-1-3-8-15)12-16-9-10-18(28-16)13-5-4-6-14(11-13)21(26)27/h1-12H,(H,22,24)(H,26,27)/p-1/b17-12+. The van der Waals surface area contributed by atoms with Crippen molar-refractivity contribution >= 4 is 29.5 Å². The molecule has 1 aliphatic heterocycles. The van der Waals surface area contributed by atoms with E-state index in [4.69, 9.17) is 4.42 Å². The number of hydrazine groups is 1. The van der Waals surface area contributed by atoms with Gasteiger partial charge in [0, 0.05) is 5.56 Å². The minimum Gasteiger partial charge on any atom is -0.545 e. The first-order valence-electron chi connectivity index (χ1n) is 8.37. The zero-order valence-electron chi connectivity index (χ0n) is 14.4. The molecule has 0 radical (unpaired) electrons. The number of hydrogen-bond donors (Lipinski definition) is 1. The van der Waals surface area contributed by atoms with Crippen molar-refractivity contribution in [1.29, 1.82) is 0 Å². The lowest BCUT2D eigenvalue weighted by Crippen LogP contribution is -2.35. The van der Waals surface area contributed by atoms with Crippen molar-refractivity contribution in [2.45, 2.75) is 0 Å². The molecule has 138 valence electrons. The highest BCUT2D eigenvalue weighted by molar-refractivity contribution is 6.31. The maximum atomic E-state index is 12.6. The summed E-state index contributed by atoms with van der Waals surface area (Å²) >= 11 is 0. The van der Waals surface area contributed by atoms with E-state index in [1.54, 1.807) is 48.5 Å². The second-order valence-electron chi connectivity index (χ2n) is 6.05. The number of para-hydroxylation sites is 1. The summed E-state index contributed by atoms with van der Waals surface area (Å²) in [5.74, 6) is -1.62. The normalized spacial score (nSPS) is 15.1. The number of amides is 2. The highest BCUT2D eigenvalue weighted by Crippen LogP contribution is 2.26. The van der Waals surface area contributed by atoms with Crippen LogP contribution in [0, 0.1) is 0 Å². The summed E-state index contributed by atoms with van der Waals surface area (Å²) < 4.78 is 5.66. The van der Waals surface area contributed by atoms with Crippen molar-refractivity contribution in [3.05, 3.63) is 83.6 Å². The Bertz CT molecular complexity index is 1110. The Labute approximate surface area is 159 Å². The molecule has 1 fully saturated rings. The first-order valence-corrected chi connectivity index (χ1v) is 8.37. The van der Waals surface area contributed by atoms with Gasteiger partial charge in [0.25, 0.3) is 11.8 Å². The molecule has 0 unspecified atom stereocenters. The third-order valence-corrected chi connectivity index (χ3v) is 4.20. The van der Waals surface area contributed by atoms with Gasteiger partial charge in [-0.15, -0.1) is 0 Å². The number of hydrogen-bond acceptors (Lipinski definition) is 5. The van der Waals surface area contributed by atoms with Crippen LogP contribution in [0.3, 0.4) is 0 Å². The molecule has 0 saturated carbocycles. The second-order valence-corrected chi connectivity index (χ2v) is 6.05. The average Bonchev–Trinajstić information content (AvgIpc) is 3.29. The van der Waals surface area contributed by atoms with Crippen LogP contribution < -0.4 is 15.5 Å². The molecule has 0 spiro atoms. The summed E-state index contributed by atoms with van der Waals surface area (Å²) in [5, 5.41) is 12.2. The minimum absolute atomic E-state index is 0.0256. The lowest BCUT2D eigenvalue weighted by atomic mass is 10.1. The Morgan fingerprint density at radius 3 is 2.54 bits per heavy atom. The van der Waals surface area contributed by atoms with Crippen molar-refractivity contribution in [2.24, 2.45) is 0 Å². The number of carboxylic acid groups (broad SMARTS) is 1. The van der Waals surface area contributed by atoms with Crippen LogP contribution >= 0.6 is 0 Å². The molecular weight excluding hydrogens is 360 g/mol. The van der Waals surface area contributed by atoms with Gasteiger partial charge in [-0.1, -0.05) is 36.4 Å². The second kappa shape index (κ2) is 6.88. The van der Waals surface area contributed by atoms with Gasteiger partial charge in [-0.25, -0.2) is 5.01 Å². The zero-order chi connectivity index (χ0) is 19.7. The van der Waals surface area contributed by atoms with Gasteiger partial charge in [-0.05, 0) is 42.0 Å². The molecular formula is C21H13N2O5-. The summed E-state index contributed by atoms with van der Waals surface area (Å²) in [6.07, 6.45) is 1.35. The molecule has 1 saturated heterocycles. The molecule has 1 aliphatic rings. The Morgan fingerprint density at radius 1 is 1.00 bits per heavy atom.